The number of hydrogen-bond acceptors (Lipinski definition) is 4. The van der Waals surface area contributed by atoms with Gasteiger partial charge in [0.25, 0.3) is 10.0 Å². The van der Waals surface area contributed by atoms with Crippen LogP contribution in [0.1, 0.15) is 6.92 Å². The lowest BCUT2D eigenvalue weighted by molar-refractivity contribution is 0.600. The van der Waals surface area contributed by atoms with Gasteiger partial charge < -0.3 is 0 Å². The number of hydrogen-bond donors (Lipinski definition) is 1. The second-order valence-electron chi connectivity index (χ2n) is 3.98. The van der Waals surface area contributed by atoms with Gasteiger partial charge in [0.2, 0.25) is 0 Å². The molecule has 4 nitrogen and oxygen atoms in total. The van der Waals surface area contributed by atoms with E-state index in [1.54, 1.807) is 23.9 Å². The molecule has 2 aromatic rings. The monoisotopic (exact) mass is 362 g/mol. The topological polar surface area (TPSA) is 59.1 Å². The minimum Gasteiger partial charge on any atom is -0.278 e. The number of anilines is 1. The largest absolute Gasteiger partial charge is 0.278 e. The van der Waals surface area contributed by atoms with Gasteiger partial charge in [-0.15, -0.1) is 11.8 Å². The van der Waals surface area contributed by atoms with Crippen molar-refractivity contribution in [2.24, 2.45) is 0 Å². The maximum atomic E-state index is 12.4. The van der Waals surface area contributed by atoms with Crippen LogP contribution in [0.15, 0.2) is 46.3 Å². The Kier molecular flexibility index (Phi) is 5.37. The van der Waals surface area contributed by atoms with Gasteiger partial charge in [-0.05, 0) is 24.0 Å². The van der Waals surface area contributed by atoms with Gasteiger partial charge in [0.1, 0.15) is 10.0 Å². The number of thioether (sulfide) groups is 1. The number of nitrogens with zero attached hydrogens (tertiary/aromatic N) is 1. The van der Waals surface area contributed by atoms with E-state index in [1.807, 2.05) is 19.1 Å². The predicted molar refractivity (Wildman–Crippen MR) is 87.9 cm³/mol. The van der Waals surface area contributed by atoms with Gasteiger partial charge in [0.05, 0.1) is 10.7 Å². The fourth-order valence-electron chi connectivity index (χ4n) is 1.59. The number of sulfonamides is 1. The molecule has 0 aliphatic carbocycles. The van der Waals surface area contributed by atoms with Crippen molar-refractivity contribution in [3.8, 4) is 0 Å². The van der Waals surface area contributed by atoms with Crippen LogP contribution in [0.5, 0.6) is 0 Å². The summed E-state index contributed by atoms with van der Waals surface area (Å²) in [5.74, 6) is 0.840. The van der Waals surface area contributed by atoms with E-state index in [4.69, 9.17) is 23.2 Å². The zero-order valence-corrected chi connectivity index (χ0v) is 14.2. The summed E-state index contributed by atoms with van der Waals surface area (Å²) in [6.07, 6.45) is 1.17. The smallest absolute Gasteiger partial charge is 0.263 e. The number of halogens is 2. The van der Waals surface area contributed by atoms with E-state index in [0.29, 0.717) is 5.69 Å². The lowest BCUT2D eigenvalue weighted by Gasteiger charge is -2.12. The molecule has 0 unspecified atom stereocenters. The van der Waals surface area contributed by atoms with Crippen molar-refractivity contribution >= 4 is 50.7 Å². The van der Waals surface area contributed by atoms with Gasteiger partial charge in [-0.1, -0.05) is 42.3 Å². The van der Waals surface area contributed by atoms with Crippen LogP contribution in [-0.2, 0) is 10.0 Å². The molecule has 0 saturated carbocycles. The van der Waals surface area contributed by atoms with Gasteiger partial charge in [-0.2, -0.15) is 0 Å². The quantitative estimate of drug-likeness (QED) is 0.636. The van der Waals surface area contributed by atoms with Crippen molar-refractivity contribution in [3.05, 3.63) is 46.7 Å². The van der Waals surface area contributed by atoms with E-state index in [2.05, 4.69) is 9.71 Å². The van der Waals surface area contributed by atoms with E-state index in [-0.39, 0.29) is 15.1 Å². The number of para-hydroxylation sites is 1. The average molecular weight is 363 g/mol. The first-order chi connectivity index (χ1) is 9.94. The highest BCUT2D eigenvalue weighted by Crippen LogP contribution is 2.29. The molecular formula is C13H12Cl2N2O2S2. The van der Waals surface area contributed by atoms with Crippen molar-refractivity contribution in [1.29, 1.82) is 0 Å². The number of benzene rings is 1. The Morgan fingerprint density at radius 1 is 1.29 bits per heavy atom. The van der Waals surface area contributed by atoms with Crippen LogP contribution in [0.2, 0.25) is 10.2 Å². The maximum absolute atomic E-state index is 12.4. The molecule has 1 heterocycles. The van der Waals surface area contributed by atoms with Gasteiger partial charge in [0.15, 0.2) is 0 Å². The van der Waals surface area contributed by atoms with Gasteiger partial charge in [-0.3, -0.25) is 4.72 Å². The van der Waals surface area contributed by atoms with Crippen molar-refractivity contribution in [2.75, 3.05) is 10.5 Å². The number of aromatic nitrogens is 1. The summed E-state index contributed by atoms with van der Waals surface area (Å²) < 4.78 is 27.3. The molecule has 0 spiro atoms. The molecule has 0 aliphatic rings. The SMILES string of the molecule is CCSc1ccccc1NS(=O)(=O)c1cnc(Cl)c(Cl)c1. The van der Waals surface area contributed by atoms with Crippen molar-refractivity contribution in [3.63, 3.8) is 0 Å². The summed E-state index contributed by atoms with van der Waals surface area (Å²) in [4.78, 5) is 4.58. The standard InChI is InChI=1S/C13H12Cl2N2O2S2/c1-2-20-12-6-4-3-5-11(12)17-21(18,19)9-7-10(14)13(15)16-8-9/h3-8,17H,2H2,1H3. The molecule has 1 aromatic carbocycles. The Hall–Kier alpha value is -0.950. The summed E-state index contributed by atoms with van der Waals surface area (Å²) in [7, 11) is -3.76. The second-order valence-corrected chi connectivity index (χ2v) is 7.73. The summed E-state index contributed by atoms with van der Waals surface area (Å²) in [5, 5.41) is 0.160. The summed E-state index contributed by atoms with van der Waals surface area (Å²) >= 11 is 13.1. The third kappa shape index (κ3) is 4.03. The van der Waals surface area contributed by atoms with E-state index < -0.39 is 10.0 Å². The molecule has 0 fully saturated rings. The third-order valence-corrected chi connectivity index (χ3v) is 5.49. The maximum Gasteiger partial charge on any atom is 0.263 e. The minimum absolute atomic E-state index is 0.0341. The molecule has 0 radical (unpaired) electrons. The van der Waals surface area contributed by atoms with Crippen molar-refractivity contribution in [2.45, 2.75) is 16.7 Å². The molecule has 0 saturated heterocycles. The Balaban J connectivity index is 2.35. The van der Waals surface area contributed by atoms with Crippen LogP contribution in [0, 0.1) is 0 Å². The zero-order chi connectivity index (χ0) is 15.5. The predicted octanol–water partition coefficient (Wildman–Crippen LogP) is 4.30. The summed E-state index contributed by atoms with van der Waals surface area (Å²) in [6.45, 7) is 2.00. The van der Waals surface area contributed by atoms with Crippen LogP contribution in [0.25, 0.3) is 0 Å². The molecule has 0 atom stereocenters. The number of rotatable bonds is 5. The van der Waals surface area contributed by atoms with Crippen LogP contribution < -0.4 is 4.72 Å². The first kappa shape index (κ1) is 16.4. The number of nitrogens with one attached hydrogen (secondary N) is 1. The molecule has 0 bridgehead atoms. The molecule has 112 valence electrons. The van der Waals surface area contributed by atoms with Crippen LogP contribution in [0.4, 0.5) is 5.69 Å². The van der Waals surface area contributed by atoms with Gasteiger partial charge in [-0.25, -0.2) is 13.4 Å². The molecule has 0 aliphatic heterocycles. The third-order valence-electron chi connectivity index (χ3n) is 2.51. The molecule has 2 rings (SSSR count). The lowest BCUT2D eigenvalue weighted by Crippen LogP contribution is -2.14. The van der Waals surface area contributed by atoms with E-state index in [9.17, 15) is 8.42 Å². The zero-order valence-electron chi connectivity index (χ0n) is 11.0. The van der Waals surface area contributed by atoms with E-state index in [0.717, 1.165) is 10.6 Å². The second kappa shape index (κ2) is 6.87. The highest BCUT2D eigenvalue weighted by Gasteiger charge is 2.18. The fourth-order valence-corrected chi connectivity index (χ4v) is 3.80. The minimum atomic E-state index is -3.76. The van der Waals surface area contributed by atoms with Gasteiger partial charge in [0, 0.05) is 11.1 Å². The van der Waals surface area contributed by atoms with Crippen molar-refractivity contribution in [1.82, 2.24) is 4.98 Å². The fraction of sp³-hybridized carbons (Fsp3) is 0.154. The molecule has 1 aromatic heterocycles. The normalized spacial score (nSPS) is 11.4. The highest BCUT2D eigenvalue weighted by atomic mass is 35.5. The molecule has 21 heavy (non-hydrogen) atoms. The first-order valence-electron chi connectivity index (χ1n) is 5.99. The van der Waals surface area contributed by atoms with Crippen LogP contribution >= 0.6 is 35.0 Å². The molecule has 0 amide bonds. The van der Waals surface area contributed by atoms with Crippen LogP contribution in [0.3, 0.4) is 0 Å². The van der Waals surface area contributed by atoms with E-state index >= 15 is 0 Å². The molecule has 8 heteroatoms. The van der Waals surface area contributed by atoms with E-state index in [1.165, 1.54) is 12.3 Å². The highest BCUT2D eigenvalue weighted by molar-refractivity contribution is 7.99. The summed E-state index contributed by atoms with van der Waals surface area (Å²) in [6, 6.07) is 8.47. The Morgan fingerprint density at radius 2 is 2.00 bits per heavy atom. The summed E-state index contributed by atoms with van der Waals surface area (Å²) in [5.41, 5.74) is 0.524. The Labute approximate surface area is 137 Å². The van der Waals surface area contributed by atoms with Crippen LogP contribution in [-0.4, -0.2) is 19.2 Å². The molecular weight excluding hydrogens is 351 g/mol. The van der Waals surface area contributed by atoms with Gasteiger partial charge >= 0.3 is 0 Å². The Bertz CT molecular complexity index is 752. The lowest BCUT2D eigenvalue weighted by atomic mass is 10.3. The molecule has 1 N–H and O–H groups in total. The van der Waals surface area contributed by atoms with Crippen molar-refractivity contribution < 1.29 is 8.42 Å². The first-order valence-corrected chi connectivity index (χ1v) is 9.22. The number of pyridine rings is 1. The Morgan fingerprint density at radius 3 is 2.67 bits per heavy atom. The average Bonchev–Trinajstić information content (AvgIpc) is 2.44.